The Hall–Kier alpha value is -0.830. The number of nitrogens with one attached hydrogen (secondary N) is 1. The van der Waals surface area contributed by atoms with Crippen LogP contribution >= 0.6 is 11.3 Å². The van der Waals surface area contributed by atoms with Gasteiger partial charge in [-0.25, -0.2) is 0 Å². The maximum Gasteiger partial charge on any atom is 0.261 e. The van der Waals surface area contributed by atoms with Crippen LogP contribution in [0.3, 0.4) is 0 Å². The van der Waals surface area contributed by atoms with E-state index in [1.807, 2.05) is 17.5 Å². The summed E-state index contributed by atoms with van der Waals surface area (Å²) in [6.07, 6.45) is 4.94. The lowest BCUT2D eigenvalue weighted by molar-refractivity contribution is 0.0914. The van der Waals surface area contributed by atoms with Gasteiger partial charge in [-0.05, 0) is 30.2 Å². The molecule has 0 saturated heterocycles. The Kier molecular flexibility index (Phi) is 3.41. The van der Waals surface area contributed by atoms with E-state index in [4.69, 9.17) is 0 Å². The molecule has 0 bridgehead atoms. The van der Waals surface area contributed by atoms with Crippen LogP contribution in [-0.4, -0.2) is 11.9 Å². The molecular formula is C12H17NOS. The summed E-state index contributed by atoms with van der Waals surface area (Å²) in [5.41, 5.74) is 0. The Morgan fingerprint density at radius 2 is 2.27 bits per heavy atom. The molecule has 2 nitrogen and oxygen atoms in total. The van der Waals surface area contributed by atoms with Crippen LogP contribution in [-0.2, 0) is 0 Å². The van der Waals surface area contributed by atoms with Crippen molar-refractivity contribution in [3.8, 4) is 0 Å². The van der Waals surface area contributed by atoms with E-state index in [1.165, 1.54) is 30.6 Å². The predicted molar refractivity (Wildman–Crippen MR) is 63.2 cm³/mol. The average Bonchev–Trinajstić information content (AvgIpc) is 2.74. The quantitative estimate of drug-likeness (QED) is 0.820. The van der Waals surface area contributed by atoms with Gasteiger partial charge in [0, 0.05) is 6.04 Å². The number of hydrogen-bond donors (Lipinski definition) is 1. The first-order chi connectivity index (χ1) is 7.27. The van der Waals surface area contributed by atoms with Gasteiger partial charge in [-0.2, -0.15) is 0 Å². The molecule has 1 N–H and O–H groups in total. The van der Waals surface area contributed by atoms with E-state index in [2.05, 4.69) is 12.2 Å². The zero-order valence-corrected chi connectivity index (χ0v) is 9.85. The zero-order chi connectivity index (χ0) is 10.7. The Balaban J connectivity index is 1.93. The van der Waals surface area contributed by atoms with Gasteiger partial charge in [-0.3, -0.25) is 4.79 Å². The fourth-order valence-electron chi connectivity index (χ4n) is 2.18. The number of rotatable bonds is 2. The van der Waals surface area contributed by atoms with Crippen LogP contribution in [0.4, 0.5) is 0 Å². The van der Waals surface area contributed by atoms with Gasteiger partial charge in [0.2, 0.25) is 0 Å². The minimum absolute atomic E-state index is 0.101. The van der Waals surface area contributed by atoms with Gasteiger partial charge in [0.05, 0.1) is 4.88 Å². The second kappa shape index (κ2) is 4.79. The summed E-state index contributed by atoms with van der Waals surface area (Å²) >= 11 is 1.51. The van der Waals surface area contributed by atoms with Crippen molar-refractivity contribution in [3.63, 3.8) is 0 Å². The highest BCUT2D eigenvalue weighted by molar-refractivity contribution is 7.12. The molecule has 3 heteroatoms. The monoisotopic (exact) mass is 223 g/mol. The minimum Gasteiger partial charge on any atom is -0.348 e. The molecule has 1 saturated carbocycles. The highest BCUT2D eigenvalue weighted by Crippen LogP contribution is 2.24. The van der Waals surface area contributed by atoms with Crippen molar-refractivity contribution in [2.75, 3.05) is 0 Å². The van der Waals surface area contributed by atoms with Crippen LogP contribution in [0.2, 0.25) is 0 Å². The standard InChI is InChI=1S/C12H17NOS/c1-9-5-2-3-6-10(9)13-12(14)11-7-4-8-15-11/h4,7-10H,2-3,5-6H2,1H3,(H,13,14)/t9-,10+/m0/s1. The van der Waals surface area contributed by atoms with Gasteiger partial charge >= 0.3 is 0 Å². The number of amides is 1. The lowest BCUT2D eigenvalue weighted by Crippen LogP contribution is -2.40. The second-order valence-electron chi connectivity index (χ2n) is 4.32. The molecule has 1 aliphatic carbocycles. The first kappa shape index (κ1) is 10.7. The molecule has 0 radical (unpaired) electrons. The fraction of sp³-hybridized carbons (Fsp3) is 0.583. The Morgan fingerprint density at radius 3 is 2.93 bits per heavy atom. The van der Waals surface area contributed by atoms with E-state index < -0.39 is 0 Å². The maximum atomic E-state index is 11.8. The van der Waals surface area contributed by atoms with E-state index >= 15 is 0 Å². The number of thiophene rings is 1. The van der Waals surface area contributed by atoms with E-state index in [1.54, 1.807) is 0 Å². The van der Waals surface area contributed by atoms with Crippen LogP contribution in [0, 0.1) is 5.92 Å². The lowest BCUT2D eigenvalue weighted by Gasteiger charge is -2.29. The summed E-state index contributed by atoms with van der Waals surface area (Å²) in [6, 6.07) is 4.19. The third kappa shape index (κ3) is 2.59. The summed E-state index contributed by atoms with van der Waals surface area (Å²) in [7, 11) is 0. The lowest BCUT2D eigenvalue weighted by atomic mass is 9.86. The van der Waals surface area contributed by atoms with Gasteiger partial charge in [0.25, 0.3) is 5.91 Å². The molecule has 0 aliphatic heterocycles. The first-order valence-corrected chi connectivity index (χ1v) is 6.49. The number of carbonyl (C=O) groups excluding carboxylic acids is 1. The van der Waals surface area contributed by atoms with E-state index in [9.17, 15) is 4.79 Å². The summed E-state index contributed by atoms with van der Waals surface area (Å²) in [4.78, 5) is 12.6. The van der Waals surface area contributed by atoms with Crippen molar-refractivity contribution >= 4 is 17.2 Å². The molecule has 1 aromatic rings. The van der Waals surface area contributed by atoms with Crippen LogP contribution in [0.5, 0.6) is 0 Å². The molecule has 2 rings (SSSR count). The maximum absolute atomic E-state index is 11.8. The molecule has 1 aliphatic rings. The fourth-order valence-corrected chi connectivity index (χ4v) is 2.80. The normalized spacial score (nSPS) is 26.2. The largest absolute Gasteiger partial charge is 0.348 e. The molecule has 1 aromatic heterocycles. The van der Waals surface area contributed by atoms with Crippen molar-refractivity contribution in [2.24, 2.45) is 5.92 Å². The smallest absolute Gasteiger partial charge is 0.261 e. The minimum atomic E-state index is 0.101. The van der Waals surface area contributed by atoms with Crippen molar-refractivity contribution in [1.82, 2.24) is 5.32 Å². The van der Waals surface area contributed by atoms with Gasteiger partial charge in [0.15, 0.2) is 0 Å². The molecule has 1 heterocycles. The van der Waals surface area contributed by atoms with Gasteiger partial charge in [0.1, 0.15) is 0 Å². The number of hydrogen-bond acceptors (Lipinski definition) is 2. The molecule has 0 aromatic carbocycles. The Labute approximate surface area is 94.7 Å². The van der Waals surface area contributed by atoms with Crippen LogP contribution in [0.15, 0.2) is 17.5 Å². The summed E-state index contributed by atoms with van der Waals surface area (Å²) < 4.78 is 0. The highest BCUT2D eigenvalue weighted by Gasteiger charge is 2.23. The van der Waals surface area contributed by atoms with E-state index in [-0.39, 0.29) is 5.91 Å². The van der Waals surface area contributed by atoms with Crippen LogP contribution < -0.4 is 5.32 Å². The third-order valence-corrected chi connectivity index (χ3v) is 4.04. The molecule has 0 unspecified atom stereocenters. The van der Waals surface area contributed by atoms with Crippen molar-refractivity contribution in [2.45, 2.75) is 38.6 Å². The van der Waals surface area contributed by atoms with Crippen molar-refractivity contribution in [1.29, 1.82) is 0 Å². The van der Waals surface area contributed by atoms with Gasteiger partial charge in [-0.1, -0.05) is 25.8 Å². The summed E-state index contributed by atoms with van der Waals surface area (Å²) in [5, 5.41) is 5.09. The molecule has 0 spiro atoms. The third-order valence-electron chi connectivity index (χ3n) is 3.17. The van der Waals surface area contributed by atoms with Crippen LogP contribution in [0.1, 0.15) is 42.3 Å². The van der Waals surface area contributed by atoms with Crippen molar-refractivity contribution < 1.29 is 4.79 Å². The average molecular weight is 223 g/mol. The zero-order valence-electron chi connectivity index (χ0n) is 9.03. The molecule has 1 fully saturated rings. The first-order valence-electron chi connectivity index (χ1n) is 5.62. The van der Waals surface area contributed by atoms with Crippen LogP contribution in [0.25, 0.3) is 0 Å². The molecule has 82 valence electrons. The summed E-state index contributed by atoms with van der Waals surface area (Å²) in [6.45, 7) is 2.23. The molecule has 15 heavy (non-hydrogen) atoms. The van der Waals surface area contributed by atoms with Gasteiger partial charge < -0.3 is 5.32 Å². The SMILES string of the molecule is C[C@H]1CCCC[C@H]1NC(=O)c1cccs1. The predicted octanol–water partition coefficient (Wildman–Crippen LogP) is 3.06. The van der Waals surface area contributed by atoms with Crippen molar-refractivity contribution in [3.05, 3.63) is 22.4 Å². The molecule has 1 amide bonds. The molecule has 2 atom stereocenters. The Bertz CT molecular complexity index is 320. The second-order valence-corrected chi connectivity index (χ2v) is 5.27. The van der Waals surface area contributed by atoms with E-state index in [0.29, 0.717) is 12.0 Å². The van der Waals surface area contributed by atoms with E-state index in [0.717, 1.165) is 11.3 Å². The summed E-state index contributed by atoms with van der Waals surface area (Å²) in [5.74, 6) is 0.728. The highest BCUT2D eigenvalue weighted by atomic mass is 32.1. The number of carbonyl (C=O) groups is 1. The Morgan fingerprint density at radius 1 is 1.47 bits per heavy atom. The van der Waals surface area contributed by atoms with Gasteiger partial charge in [-0.15, -0.1) is 11.3 Å². The molecular weight excluding hydrogens is 206 g/mol. The topological polar surface area (TPSA) is 29.1 Å².